The maximum atomic E-state index is 13.2. The average molecular weight is 553 g/mol. The van der Waals surface area contributed by atoms with Crippen LogP contribution in [0.3, 0.4) is 0 Å². The number of benzene rings is 2. The van der Waals surface area contributed by atoms with E-state index in [1.54, 1.807) is 12.1 Å². The molecule has 0 aromatic heterocycles. The molecule has 0 aliphatic carbocycles. The number of hydrogen-bond donors (Lipinski definition) is 2. The van der Waals surface area contributed by atoms with Crippen LogP contribution in [0.15, 0.2) is 48.5 Å². The molecular weight excluding hydrogens is 524 g/mol. The van der Waals surface area contributed by atoms with Gasteiger partial charge < -0.3 is 9.84 Å². The van der Waals surface area contributed by atoms with Crippen LogP contribution in [-0.2, 0) is 23.9 Å². The summed E-state index contributed by atoms with van der Waals surface area (Å²) in [6, 6.07) is 13.2. The summed E-state index contributed by atoms with van der Waals surface area (Å²) in [7, 11) is 2.77. The molecule has 2 aromatic rings. The SMILES string of the molecule is COC(=O)[C@]1(CC(C)C)NC(c2ccc(-c3ccc(F)cc3)cc2)C2C(=O)N(C)C(=O)C21.O=C(O)C(F)(F)F. The summed E-state index contributed by atoms with van der Waals surface area (Å²) in [5.74, 6) is -5.66. The zero-order chi connectivity index (χ0) is 29.3. The van der Waals surface area contributed by atoms with Crippen LogP contribution in [0.25, 0.3) is 11.1 Å². The van der Waals surface area contributed by atoms with Crippen LogP contribution in [-0.4, -0.2) is 59.6 Å². The summed E-state index contributed by atoms with van der Waals surface area (Å²) in [5, 5.41) is 10.5. The van der Waals surface area contributed by atoms with Crippen molar-refractivity contribution in [3.63, 3.8) is 0 Å². The molecule has 2 saturated heterocycles. The quantitative estimate of drug-likeness (QED) is 0.328. The number of imide groups is 1. The topological polar surface area (TPSA) is 113 Å². The van der Waals surface area contributed by atoms with E-state index < -0.39 is 41.5 Å². The molecule has 0 radical (unpaired) electrons. The van der Waals surface area contributed by atoms with Gasteiger partial charge in [-0.1, -0.05) is 50.2 Å². The van der Waals surface area contributed by atoms with Crippen LogP contribution in [0.1, 0.15) is 31.9 Å². The molecule has 2 N–H and O–H groups in total. The molecule has 8 nitrogen and oxygen atoms in total. The number of carbonyl (C=O) groups is 4. The Labute approximate surface area is 221 Å². The van der Waals surface area contributed by atoms with Gasteiger partial charge in [0.25, 0.3) is 0 Å². The number of rotatable bonds is 5. The zero-order valence-corrected chi connectivity index (χ0v) is 21.6. The number of alkyl halides is 3. The van der Waals surface area contributed by atoms with Crippen molar-refractivity contribution in [1.29, 1.82) is 0 Å². The lowest BCUT2D eigenvalue weighted by Crippen LogP contribution is -2.56. The molecule has 0 bridgehead atoms. The lowest BCUT2D eigenvalue weighted by molar-refractivity contribution is -0.192. The number of nitrogens with one attached hydrogen (secondary N) is 1. The van der Waals surface area contributed by atoms with Crippen LogP contribution in [0.5, 0.6) is 0 Å². The lowest BCUT2D eigenvalue weighted by Gasteiger charge is -2.33. The zero-order valence-electron chi connectivity index (χ0n) is 21.6. The molecule has 2 heterocycles. The van der Waals surface area contributed by atoms with E-state index in [1.807, 2.05) is 38.1 Å². The molecule has 0 saturated carbocycles. The van der Waals surface area contributed by atoms with Crippen molar-refractivity contribution < 1.29 is 46.6 Å². The number of amides is 2. The minimum absolute atomic E-state index is 0.0932. The van der Waals surface area contributed by atoms with Gasteiger partial charge in [-0.25, -0.2) is 9.18 Å². The molecule has 2 fully saturated rings. The van der Waals surface area contributed by atoms with Gasteiger partial charge in [0.1, 0.15) is 11.4 Å². The van der Waals surface area contributed by atoms with Gasteiger partial charge in [0.15, 0.2) is 0 Å². The highest BCUT2D eigenvalue weighted by Crippen LogP contribution is 2.51. The van der Waals surface area contributed by atoms with Crippen molar-refractivity contribution in [3.05, 3.63) is 59.9 Å². The Kier molecular flexibility index (Phi) is 8.49. The Hall–Kier alpha value is -3.80. The third-order valence-corrected chi connectivity index (χ3v) is 6.84. The summed E-state index contributed by atoms with van der Waals surface area (Å²) in [6.07, 6.45) is -4.71. The molecule has 210 valence electrons. The van der Waals surface area contributed by atoms with Gasteiger partial charge in [-0.3, -0.25) is 24.6 Å². The van der Waals surface area contributed by atoms with Crippen LogP contribution >= 0.6 is 0 Å². The molecule has 2 aliphatic heterocycles. The van der Waals surface area contributed by atoms with Gasteiger partial charge in [-0.15, -0.1) is 0 Å². The minimum atomic E-state index is -5.08. The van der Waals surface area contributed by atoms with Gasteiger partial charge in [-0.05, 0) is 41.2 Å². The summed E-state index contributed by atoms with van der Waals surface area (Å²) in [5.41, 5.74) is 1.30. The summed E-state index contributed by atoms with van der Waals surface area (Å²) in [4.78, 5) is 49.2. The second-order valence-corrected chi connectivity index (χ2v) is 9.85. The third kappa shape index (κ3) is 5.80. The first-order valence-corrected chi connectivity index (χ1v) is 12.0. The third-order valence-electron chi connectivity index (χ3n) is 6.84. The fourth-order valence-corrected chi connectivity index (χ4v) is 5.24. The second-order valence-electron chi connectivity index (χ2n) is 9.85. The Bertz CT molecular complexity index is 1250. The fraction of sp³-hybridized carbons (Fsp3) is 0.407. The maximum Gasteiger partial charge on any atom is 0.490 e. The Morgan fingerprint density at radius 1 is 1.03 bits per heavy atom. The second kappa shape index (κ2) is 11.1. The molecule has 2 amide bonds. The fourth-order valence-electron chi connectivity index (χ4n) is 5.24. The Morgan fingerprint density at radius 3 is 1.95 bits per heavy atom. The van der Waals surface area contributed by atoms with E-state index in [9.17, 15) is 31.9 Å². The van der Waals surface area contributed by atoms with Crippen molar-refractivity contribution in [2.24, 2.45) is 17.8 Å². The highest BCUT2D eigenvalue weighted by Gasteiger charge is 2.68. The molecular formula is C27H28F4N2O6. The van der Waals surface area contributed by atoms with E-state index in [-0.39, 0.29) is 23.5 Å². The van der Waals surface area contributed by atoms with Crippen molar-refractivity contribution >= 4 is 23.8 Å². The molecule has 4 rings (SSSR count). The summed E-state index contributed by atoms with van der Waals surface area (Å²) < 4.78 is 50.1. The van der Waals surface area contributed by atoms with Gasteiger partial charge in [0.2, 0.25) is 11.8 Å². The number of esters is 1. The van der Waals surface area contributed by atoms with Crippen LogP contribution in [0.4, 0.5) is 17.6 Å². The molecule has 0 spiro atoms. The number of hydrogen-bond acceptors (Lipinski definition) is 6. The average Bonchev–Trinajstić information content (AvgIpc) is 3.33. The monoisotopic (exact) mass is 552 g/mol. The normalized spacial score (nSPS) is 24.3. The Balaban J connectivity index is 0.000000532. The number of nitrogens with zero attached hydrogens (tertiary/aromatic N) is 1. The van der Waals surface area contributed by atoms with Crippen molar-refractivity contribution in [2.75, 3.05) is 14.2 Å². The van der Waals surface area contributed by atoms with E-state index in [0.717, 1.165) is 21.6 Å². The van der Waals surface area contributed by atoms with E-state index in [2.05, 4.69) is 5.32 Å². The van der Waals surface area contributed by atoms with Crippen molar-refractivity contribution in [3.8, 4) is 11.1 Å². The summed E-state index contributed by atoms with van der Waals surface area (Å²) in [6.45, 7) is 3.94. The first-order valence-electron chi connectivity index (χ1n) is 12.0. The van der Waals surface area contributed by atoms with E-state index in [4.69, 9.17) is 14.6 Å². The number of carboxylic acid groups (broad SMARTS) is 1. The first kappa shape index (κ1) is 29.8. The highest BCUT2D eigenvalue weighted by molar-refractivity contribution is 6.09. The predicted molar refractivity (Wildman–Crippen MR) is 130 cm³/mol. The molecule has 12 heteroatoms. The number of ether oxygens (including phenoxy) is 1. The van der Waals surface area contributed by atoms with Gasteiger partial charge in [-0.2, -0.15) is 13.2 Å². The number of likely N-dealkylation sites (tertiary alicyclic amines) is 1. The number of aliphatic carboxylic acids is 1. The van der Waals surface area contributed by atoms with Gasteiger partial charge >= 0.3 is 18.1 Å². The number of methoxy groups -OCH3 is 1. The number of halogens is 4. The molecule has 3 unspecified atom stereocenters. The van der Waals surface area contributed by atoms with E-state index in [1.165, 1.54) is 26.3 Å². The molecule has 2 aromatic carbocycles. The number of fused-ring (bicyclic) bond motifs is 1. The first-order chi connectivity index (χ1) is 18.1. The smallest absolute Gasteiger partial charge is 0.475 e. The van der Waals surface area contributed by atoms with Gasteiger partial charge in [0, 0.05) is 13.1 Å². The molecule has 39 heavy (non-hydrogen) atoms. The minimum Gasteiger partial charge on any atom is -0.475 e. The Morgan fingerprint density at radius 2 is 1.51 bits per heavy atom. The largest absolute Gasteiger partial charge is 0.490 e. The van der Waals surface area contributed by atoms with Crippen LogP contribution in [0, 0.1) is 23.6 Å². The number of carbonyl (C=O) groups excluding carboxylic acids is 3. The molecule has 2 aliphatic rings. The highest BCUT2D eigenvalue weighted by atomic mass is 19.4. The van der Waals surface area contributed by atoms with Gasteiger partial charge in [0.05, 0.1) is 18.9 Å². The summed E-state index contributed by atoms with van der Waals surface area (Å²) >= 11 is 0. The van der Waals surface area contributed by atoms with Crippen molar-refractivity contribution in [2.45, 2.75) is 38.0 Å². The standard InChI is InChI=1S/C25H27FN2O4.C2HF3O2/c1-14(2)13-25(24(31)32-4)20-19(22(29)28(3)23(20)30)21(27-25)17-7-5-15(6-8-17)16-9-11-18(26)12-10-16;3-2(4,5)1(6)7/h5-12,14,19-21,27H,13H2,1-4H3;(H,6,7)/t19?,20?,21?,25-;/m1./s1. The maximum absolute atomic E-state index is 13.2. The van der Waals surface area contributed by atoms with Crippen LogP contribution < -0.4 is 5.32 Å². The van der Waals surface area contributed by atoms with Crippen LogP contribution in [0.2, 0.25) is 0 Å². The molecule has 4 atom stereocenters. The predicted octanol–water partition coefficient (Wildman–Crippen LogP) is 3.96. The lowest BCUT2D eigenvalue weighted by atomic mass is 9.75. The number of carboxylic acids is 1. The van der Waals surface area contributed by atoms with Crippen molar-refractivity contribution in [1.82, 2.24) is 10.2 Å². The van der Waals surface area contributed by atoms with E-state index >= 15 is 0 Å². The van der Waals surface area contributed by atoms with E-state index in [0.29, 0.717) is 6.42 Å².